The highest BCUT2D eigenvalue weighted by atomic mass is 16.5. The summed E-state index contributed by atoms with van der Waals surface area (Å²) in [6, 6.07) is 13.7. The highest BCUT2D eigenvalue weighted by Gasteiger charge is 2.15. The van der Waals surface area contributed by atoms with Gasteiger partial charge in [0.1, 0.15) is 5.75 Å². The van der Waals surface area contributed by atoms with Crippen LogP contribution in [0.5, 0.6) is 5.75 Å². The molecule has 17 heavy (non-hydrogen) atoms. The molecule has 0 aliphatic rings. The normalized spacial score (nSPS) is 10.9. The van der Waals surface area contributed by atoms with Gasteiger partial charge in [-0.05, 0) is 44.9 Å². The van der Waals surface area contributed by atoms with Gasteiger partial charge in [0.2, 0.25) is 0 Å². The van der Waals surface area contributed by atoms with Crippen molar-refractivity contribution in [3.63, 3.8) is 0 Å². The van der Waals surface area contributed by atoms with Crippen molar-refractivity contribution in [2.45, 2.75) is 39.5 Å². The lowest BCUT2D eigenvalue weighted by atomic mass is 9.89. The molecule has 0 heterocycles. The van der Waals surface area contributed by atoms with E-state index in [1.165, 1.54) is 0 Å². The maximum absolute atomic E-state index is 8.86. The van der Waals surface area contributed by atoms with Crippen LogP contribution in [0, 0.1) is 28.9 Å². The van der Waals surface area contributed by atoms with Crippen LogP contribution in [0.1, 0.15) is 39.5 Å². The van der Waals surface area contributed by atoms with Crippen molar-refractivity contribution in [1.82, 2.24) is 0 Å². The molecular formula is C15H19NO. The number of unbranched alkanes of at least 4 members (excludes halogenated alkanes) is 2. The summed E-state index contributed by atoms with van der Waals surface area (Å²) in [7, 11) is 0. The number of ether oxygens (including phenoxy) is 1. The Kier molecular flexibility index (Phi) is 5.56. The van der Waals surface area contributed by atoms with Crippen LogP contribution in [0.25, 0.3) is 0 Å². The van der Waals surface area contributed by atoms with E-state index in [2.05, 4.69) is 18.2 Å². The Hall–Kier alpha value is -1.49. The van der Waals surface area contributed by atoms with Crippen molar-refractivity contribution >= 4 is 0 Å². The van der Waals surface area contributed by atoms with Crippen molar-refractivity contribution < 1.29 is 4.74 Å². The molecule has 0 saturated heterocycles. The molecule has 1 aromatic carbocycles. The van der Waals surface area contributed by atoms with Crippen LogP contribution in [-0.2, 0) is 0 Å². The predicted molar refractivity (Wildman–Crippen MR) is 67.5 cm³/mol. The maximum atomic E-state index is 8.86. The molecule has 2 heteroatoms. The van der Waals surface area contributed by atoms with Gasteiger partial charge < -0.3 is 4.74 Å². The number of hydrogen-bond donors (Lipinski definition) is 0. The Morgan fingerprint density at radius 2 is 2.12 bits per heavy atom. The third-order valence-electron chi connectivity index (χ3n) is 2.63. The lowest BCUT2D eigenvalue weighted by Gasteiger charge is -2.14. The molecule has 0 bridgehead atoms. The fourth-order valence-electron chi connectivity index (χ4n) is 1.50. The first-order chi connectivity index (χ1) is 8.14. The second-order valence-corrected chi connectivity index (χ2v) is 4.81. The molecule has 90 valence electrons. The van der Waals surface area contributed by atoms with E-state index in [0.29, 0.717) is 6.61 Å². The van der Waals surface area contributed by atoms with Crippen LogP contribution in [-0.4, -0.2) is 6.61 Å². The van der Waals surface area contributed by atoms with Gasteiger partial charge in [-0.1, -0.05) is 18.9 Å². The molecule has 0 aliphatic carbocycles. The van der Waals surface area contributed by atoms with Gasteiger partial charge in [0.25, 0.3) is 0 Å². The molecule has 1 aromatic rings. The second-order valence-electron chi connectivity index (χ2n) is 4.81. The van der Waals surface area contributed by atoms with E-state index < -0.39 is 0 Å². The molecular weight excluding hydrogens is 210 g/mol. The molecule has 0 amide bonds. The Morgan fingerprint density at radius 1 is 1.29 bits per heavy atom. The summed E-state index contributed by atoms with van der Waals surface area (Å²) in [4.78, 5) is 0. The molecule has 0 N–H and O–H groups in total. The first-order valence-corrected chi connectivity index (χ1v) is 6.06. The van der Waals surface area contributed by atoms with Gasteiger partial charge in [-0.25, -0.2) is 0 Å². The third kappa shape index (κ3) is 5.97. The van der Waals surface area contributed by atoms with E-state index in [-0.39, 0.29) is 5.41 Å². The molecule has 0 aliphatic heterocycles. The van der Waals surface area contributed by atoms with Gasteiger partial charge in [0.05, 0.1) is 18.1 Å². The maximum Gasteiger partial charge on any atom is 0.127 e. The van der Waals surface area contributed by atoms with Crippen molar-refractivity contribution in [1.29, 1.82) is 5.26 Å². The molecule has 0 unspecified atom stereocenters. The van der Waals surface area contributed by atoms with Gasteiger partial charge >= 0.3 is 0 Å². The molecule has 2 radical (unpaired) electrons. The lowest BCUT2D eigenvalue weighted by molar-refractivity contribution is 0.299. The SMILES string of the molecule is CC(C)(C#N)CCCCCOc1[c]cc[c]c1. The van der Waals surface area contributed by atoms with E-state index in [1.807, 2.05) is 13.8 Å². The van der Waals surface area contributed by atoms with Crippen LogP contribution in [0.15, 0.2) is 18.2 Å². The molecule has 0 aromatic heterocycles. The highest BCUT2D eigenvalue weighted by Crippen LogP contribution is 2.22. The van der Waals surface area contributed by atoms with E-state index in [1.54, 1.807) is 18.2 Å². The Balaban J connectivity index is 2.04. The summed E-state index contributed by atoms with van der Waals surface area (Å²) < 4.78 is 5.51. The molecule has 0 saturated carbocycles. The van der Waals surface area contributed by atoms with Crippen LogP contribution < -0.4 is 4.74 Å². The largest absolute Gasteiger partial charge is 0.493 e. The van der Waals surface area contributed by atoms with Crippen LogP contribution in [0.4, 0.5) is 0 Å². The molecule has 1 rings (SSSR count). The summed E-state index contributed by atoms with van der Waals surface area (Å²) in [5.74, 6) is 0.754. The number of nitriles is 1. The zero-order valence-corrected chi connectivity index (χ0v) is 10.6. The lowest BCUT2D eigenvalue weighted by Crippen LogP contribution is -2.07. The average molecular weight is 229 g/mol. The van der Waals surface area contributed by atoms with Crippen LogP contribution >= 0.6 is 0 Å². The zero-order valence-electron chi connectivity index (χ0n) is 10.6. The average Bonchev–Trinajstić information content (AvgIpc) is 2.35. The minimum Gasteiger partial charge on any atom is -0.493 e. The highest BCUT2D eigenvalue weighted by molar-refractivity contribution is 5.18. The fraction of sp³-hybridized carbons (Fsp3) is 0.533. The van der Waals surface area contributed by atoms with Gasteiger partial charge in [-0.2, -0.15) is 5.26 Å². The number of nitrogens with zero attached hydrogens (tertiary/aromatic N) is 1. The Labute approximate surface area is 104 Å². The predicted octanol–water partition coefficient (Wildman–Crippen LogP) is 3.78. The third-order valence-corrected chi connectivity index (χ3v) is 2.63. The zero-order chi connectivity index (χ0) is 12.6. The van der Waals surface area contributed by atoms with Crippen molar-refractivity contribution in [3.05, 3.63) is 30.3 Å². The quantitative estimate of drug-likeness (QED) is 0.667. The minimum atomic E-state index is -0.191. The van der Waals surface area contributed by atoms with E-state index in [0.717, 1.165) is 31.4 Å². The van der Waals surface area contributed by atoms with Crippen molar-refractivity contribution in [2.24, 2.45) is 5.41 Å². The number of rotatable bonds is 7. The number of benzene rings is 1. The van der Waals surface area contributed by atoms with Gasteiger partial charge in [0, 0.05) is 6.07 Å². The molecule has 0 fully saturated rings. The summed E-state index contributed by atoms with van der Waals surface area (Å²) in [6.07, 6.45) is 4.15. The van der Waals surface area contributed by atoms with Crippen molar-refractivity contribution in [3.8, 4) is 11.8 Å². The molecule has 0 spiro atoms. The van der Waals surface area contributed by atoms with E-state index in [4.69, 9.17) is 10.00 Å². The van der Waals surface area contributed by atoms with Crippen LogP contribution in [0.2, 0.25) is 0 Å². The number of hydrogen-bond acceptors (Lipinski definition) is 2. The van der Waals surface area contributed by atoms with Crippen LogP contribution in [0.3, 0.4) is 0 Å². The van der Waals surface area contributed by atoms with Gasteiger partial charge in [-0.3, -0.25) is 0 Å². The molecule has 0 atom stereocenters. The second kappa shape index (κ2) is 6.96. The Morgan fingerprint density at radius 3 is 2.76 bits per heavy atom. The van der Waals surface area contributed by atoms with Crippen molar-refractivity contribution in [2.75, 3.05) is 6.61 Å². The van der Waals surface area contributed by atoms with E-state index in [9.17, 15) is 0 Å². The topological polar surface area (TPSA) is 33.0 Å². The Bertz CT molecular complexity index is 351. The minimum absolute atomic E-state index is 0.191. The van der Waals surface area contributed by atoms with Gasteiger partial charge in [0.15, 0.2) is 0 Å². The summed E-state index contributed by atoms with van der Waals surface area (Å²) in [5.41, 5.74) is -0.191. The van der Waals surface area contributed by atoms with E-state index >= 15 is 0 Å². The summed E-state index contributed by atoms with van der Waals surface area (Å²) in [5, 5.41) is 8.86. The molecule has 2 nitrogen and oxygen atoms in total. The first kappa shape index (κ1) is 13.6. The van der Waals surface area contributed by atoms with Gasteiger partial charge in [-0.15, -0.1) is 0 Å². The fourth-order valence-corrected chi connectivity index (χ4v) is 1.50. The monoisotopic (exact) mass is 229 g/mol. The smallest absolute Gasteiger partial charge is 0.127 e. The first-order valence-electron chi connectivity index (χ1n) is 6.06. The summed E-state index contributed by atoms with van der Waals surface area (Å²) in [6.45, 7) is 4.68. The standard InChI is InChI=1S/C15H19NO/c1-15(2,13-16)11-7-4-8-12-17-14-9-5-3-6-10-14/h3,5,10H,4,7-8,11-12H2,1-2H3. The summed E-state index contributed by atoms with van der Waals surface area (Å²) >= 11 is 0.